The summed E-state index contributed by atoms with van der Waals surface area (Å²) in [4.78, 5) is 4.36. The van der Waals surface area contributed by atoms with Crippen LogP contribution in [0.2, 0.25) is 0 Å². The predicted molar refractivity (Wildman–Crippen MR) is 76.8 cm³/mol. The third-order valence-electron chi connectivity index (χ3n) is 2.29. The van der Waals surface area contributed by atoms with Gasteiger partial charge in [-0.15, -0.1) is 0 Å². The molecule has 0 saturated heterocycles. The molecule has 0 radical (unpaired) electrons. The van der Waals surface area contributed by atoms with Crippen LogP contribution < -0.4 is 8.71 Å². The van der Waals surface area contributed by atoms with Crippen LogP contribution >= 0.6 is 19.0 Å². The summed E-state index contributed by atoms with van der Waals surface area (Å²) >= 11 is 1.31. The first-order valence-electron chi connectivity index (χ1n) is 5.42. The number of hydrogen-bond donors (Lipinski definition) is 0. The quantitative estimate of drug-likeness (QED) is 0.596. The van der Waals surface area contributed by atoms with Gasteiger partial charge in [-0.25, -0.2) is 4.99 Å². The lowest BCUT2D eigenvalue weighted by Gasteiger charge is -2.17. The highest BCUT2D eigenvalue weighted by Crippen LogP contribution is 2.53. The molecule has 5 heteroatoms. The molecule has 0 fully saturated rings. The Morgan fingerprint density at radius 1 is 1.00 bits per heavy atom. The van der Waals surface area contributed by atoms with E-state index in [0.29, 0.717) is 0 Å². The van der Waals surface area contributed by atoms with E-state index in [1.165, 1.54) is 11.7 Å². The zero-order chi connectivity index (χ0) is 12.2. The van der Waals surface area contributed by atoms with E-state index < -0.39 is 7.35 Å². The van der Waals surface area contributed by atoms with Gasteiger partial charge in [-0.3, -0.25) is 0 Å². The van der Waals surface area contributed by atoms with Gasteiger partial charge < -0.3 is 8.71 Å². The van der Waals surface area contributed by atoms with Crippen molar-refractivity contribution in [3.8, 4) is 11.5 Å². The molecule has 2 aromatic carbocycles. The lowest BCUT2D eigenvalue weighted by Crippen LogP contribution is -1.93. The van der Waals surface area contributed by atoms with Gasteiger partial charge in [-0.2, -0.15) is 0 Å². The van der Waals surface area contributed by atoms with Crippen LogP contribution in [0.3, 0.4) is 0 Å². The van der Waals surface area contributed by atoms with Crippen LogP contribution in [-0.4, -0.2) is 5.96 Å². The molecular weight excluding hydrogens is 265 g/mol. The Kier molecular flexibility index (Phi) is 3.49. The highest BCUT2D eigenvalue weighted by Gasteiger charge is 2.18. The van der Waals surface area contributed by atoms with Gasteiger partial charge >= 0.3 is 0 Å². The largest absolute Gasteiger partial charge is 0.452 e. The minimum Gasteiger partial charge on any atom is -0.452 e. The van der Waals surface area contributed by atoms with E-state index in [0.717, 1.165) is 17.2 Å². The second kappa shape index (κ2) is 5.42. The summed E-state index contributed by atoms with van der Waals surface area (Å²) in [5.74, 6) is 3.45. The van der Waals surface area contributed by atoms with Crippen LogP contribution in [0.4, 0.5) is 5.69 Å². The van der Waals surface area contributed by atoms with Gasteiger partial charge in [0, 0.05) is 0 Å². The summed E-state index contributed by atoms with van der Waals surface area (Å²) in [7, 11) is -0.879. The third-order valence-corrected chi connectivity index (χ3v) is 4.56. The molecule has 0 saturated carbocycles. The average molecular weight is 275 g/mol. The average Bonchev–Trinajstić information content (AvgIpc) is 2.46. The summed E-state index contributed by atoms with van der Waals surface area (Å²) in [6, 6.07) is 17.4. The van der Waals surface area contributed by atoms with Crippen LogP contribution in [0, 0.1) is 0 Å². The van der Waals surface area contributed by atoms with Gasteiger partial charge in [0.05, 0.1) is 5.96 Å². The highest BCUT2D eigenvalue weighted by atomic mass is 32.7. The number of aliphatic imine (C=N–C) groups is 1. The Balaban J connectivity index is 1.64. The maximum Gasteiger partial charge on any atom is 0.232 e. The van der Waals surface area contributed by atoms with Gasteiger partial charge in [0.15, 0.2) is 5.75 Å². The van der Waals surface area contributed by atoms with Crippen molar-refractivity contribution in [3.05, 3.63) is 54.6 Å². The topological polar surface area (TPSA) is 30.8 Å². The number of hydrogen-bond acceptors (Lipinski definition) is 4. The van der Waals surface area contributed by atoms with Gasteiger partial charge in [-0.1, -0.05) is 30.3 Å². The van der Waals surface area contributed by atoms with Crippen LogP contribution in [0.15, 0.2) is 59.6 Å². The Morgan fingerprint density at radius 3 is 2.67 bits per heavy atom. The molecule has 18 heavy (non-hydrogen) atoms. The van der Waals surface area contributed by atoms with Gasteiger partial charge in [-0.05, 0) is 24.3 Å². The standard InChI is InChI=1S/C13H10NO2PS/c1-2-6-11(7-3-1)16-18-17-10-14-12-8-4-5-9-13(12)15-17/h1-10H. The van der Waals surface area contributed by atoms with Crippen LogP contribution in [-0.2, 0) is 0 Å². The number of benzene rings is 2. The van der Waals surface area contributed by atoms with Gasteiger partial charge in [0.2, 0.25) is 7.35 Å². The third kappa shape index (κ3) is 2.66. The second-order valence-electron chi connectivity index (χ2n) is 3.56. The number of nitrogens with zero attached hydrogens (tertiary/aromatic N) is 1. The van der Waals surface area contributed by atoms with E-state index in [1.54, 1.807) is 0 Å². The van der Waals surface area contributed by atoms with Crippen molar-refractivity contribution in [1.29, 1.82) is 0 Å². The molecule has 3 rings (SSSR count). The summed E-state index contributed by atoms with van der Waals surface area (Å²) in [5, 5.41) is 0. The fraction of sp³-hybridized carbons (Fsp3) is 0. The van der Waals surface area contributed by atoms with Crippen molar-refractivity contribution >= 4 is 30.7 Å². The predicted octanol–water partition coefficient (Wildman–Crippen LogP) is 4.78. The summed E-state index contributed by atoms with van der Waals surface area (Å²) in [6.07, 6.45) is 0. The molecule has 1 unspecified atom stereocenters. The molecule has 0 N–H and O–H groups in total. The van der Waals surface area contributed by atoms with Crippen molar-refractivity contribution in [2.24, 2.45) is 4.99 Å². The highest BCUT2D eigenvalue weighted by molar-refractivity contribution is 8.56. The maximum absolute atomic E-state index is 5.81. The lowest BCUT2D eigenvalue weighted by molar-refractivity contribution is 0.623. The molecule has 1 heterocycles. The first kappa shape index (κ1) is 11.6. The van der Waals surface area contributed by atoms with E-state index in [1.807, 2.05) is 60.6 Å². The minimum atomic E-state index is -0.879. The van der Waals surface area contributed by atoms with Crippen molar-refractivity contribution in [2.45, 2.75) is 0 Å². The Hall–Kier alpha value is -1.51. The maximum atomic E-state index is 5.81. The lowest BCUT2D eigenvalue weighted by atomic mass is 10.3. The Labute approximate surface area is 111 Å². The van der Waals surface area contributed by atoms with Crippen molar-refractivity contribution in [2.75, 3.05) is 0 Å². The number of para-hydroxylation sites is 3. The number of rotatable bonds is 3. The molecule has 0 amide bonds. The molecule has 0 aromatic heterocycles. The van der Waals surface area contributed by atoms with E-state index in [-0.39, 0.29) is 0 Å². The molecule has 0 aliphatic carbocycles. The first-order chi connectivity index (χ1) is 8.92. The molecule has 1 atom stereocenters. The monoisotopic (exact) mass is 275 g/mol. The zero-order valence-electron chi connectivity index (χ0n) is 9.39. The fourth-order valence-electron chi connectivity index (χ4n) is 1.46. The Morgan fingerprint density at radius 2 is 1.78 bits per heavy atom. The molecule has 1 aliphatic heterocycles. The van der Waals surface area contributed by atoms with Gasteiger partial charge in [0.25, 0.3) is 0 Å². The van der Waals surface area contributed by atoms with Crippen LogP contribution in [0.25, 0.3) is 0 Å². The summed E-state index contributed by atoms with van der Waals surface area (Å²) in [5.41, 5.74) is 0.872. The molecular formula is C13H10NO2PS. The van der Waals surface area contributed by atoms with Gasteiger partial charge in [0.1, 0.15) is 23.1 Å². The van der Waals surface area contributed by atoms with Crippen LogP contribution in [0.5, 0.6) is 11.5 Å². The Bertz CT molecular complexity index is 562. The molecule has 1 aliphatic rings. The zero-order valence-corrected chi connectivity index (χ0v) is 11.1. The SMILES string of the molecule is C1=Nc2ccccc2OP1SOc1ccccc1. The molecule has 3 nitrogen and oxygen atoms in total. The first-order valence-corrected chi connectivity index (χ1v) is 8.09. The fourth-order valence-corrected chi connectivity index (χ4v) is 3.48. The molecule has 2 aromatic rings. The molecule has 0 spiro atoms. The summed E-state index contributed by atoms with van der Waals surface area (Å²) in [6.45, 7) is 0. The van der Waals surface area contributed by atoms with E-state index in [2.05, 4.69) is 4.99 Å². The van der Waals surface area contributed by atoms with Crippen molar-refractivity contribution in [3.63, 3.8) is 0 Å². The molecule has 90 valence electrons. The second-order valence-corrected chi connectivity index (χ2v) is 6.39. The molecule has 0 bridgehead atoms. The number of fused-ring (bicyclic) bond motifs is 1. The smallest absolute Gasteiger partial charge is 0.232 e. The summed E-state index contributed by atoms with van der Waals surface area (Å²) < 4.78 is 11.4. The van der Waals surface area contributed by atoms with Crippen LogP contribution in [0.1, 0.15) is 0 Å². The normalized spacial score (nSPS) is 16.8. The van der Waals surface area contributed by atoms with Crippen molar-refractivity contribution < 1.29 is 8.71 Å². The minimum absolute atomic E-state index is 0.815. The van der Waals surface area contributed by atoms with Crippen molar-refractivity contribution in [1.82, 2.24) is 0 Å². The van der Waals surface area contributed by atoms with E-state index >= 15 is 0 Å². The van der Waals surface area contributed by atoms with E-state index in [4.69, 9.17) is 8.71 Å². The van der Waals surface area contributed by atoms with E-state index in [9.17, 15) is 0 Å².